The van der Waals surface area contributed by atoms with E-state index in [1.807, 2.05) is 0 Å². The summed E-state index contributed by atoms with van der Waals surface area (Å²) in [4.78, 5) is 4.31. The first kappa shape index (κ1) is 14.5. The molecule has 1 aliphatic carbocycles. The first-order valence-electron chi connectivity index (χ1n) is 6.82. The van der Waals surface area contributed by atoms with Crippen molar-refractivity contribution in [3.63, 3.8) is 0 Å². The zero-order chi connectivity index (χ0) is 12.7. The molecular formula is C14H27NO2. The van der Waals surface area contributed by atoms with Gasteiger partial charge in [-0.1, -0.05) is 27.2 Å². The summed E-state index contributed by atoms with van der Waals surface area (Å²) in [5, 5.41) is 9.02. The molecule has 0 saturated heterocycles. The van der Waals surface area contributed by atoms with Gasteiger partial charge in [-0.2, -0.15) is 0 Å². The summed E-state index contributed by atoms with van der Waals surface area (Å²) >= 11 is 0. The van der Waals surface area contributed by atoms with E-state index in [9.17, 15) is 0 Å². The van der Waals surface area contributed by atoms with E-state index in [-0.39, 0.29) is 6.10 Å². The average molecular weight is 241 g/mol. The van der Waals surface area contributed by atoms with E-state index in [2.05, 4.69) is 25.8 Å². The van der Waals surface area contributed by atoms with Gasteiger partial charge >= 0.3 is 0 Å². The van der Waals surface area contributed by atoms with E-state index < -0.39 is 0 Å². The van der Waals surface area contributed by atoms with Gasteiger partial charge in [-0.15, -0.1) is 0 Å². The maximum atomic E-state index is 9.02. The Labute approximate surface area is 105 Å². The standard InChI is InChI=1S/C14H27NO2/c1-4-14(2,3)7-8-15-11-17-13-6-5-12(9-13)10-16/h11-13,16H,4-10H2,1-3H3/b15-11-. The number of nitrogens with zero attached hydrogens (tertiary/aromatic N) is 1. The molecule has 1 N–H and O–H groups in total. The van der Waals surface area contributed by atoms with E-state index >= 15 is 0 Å². The molecule has 0 bridgehead atoms. The summed E-state index contributed by atoms with van der Waals surface area (Å²) in [5.74, 6) is 0.437. The predicted molar refractivity (Wildman–Crippen MR) is 71.3 cm³/mol. The highest BCUT2D eigenvalue weighted by Gasteiger charge is 2.24. The predicted octanol–water partition coefficient (Wildman–Crippen LogP) is 3.02. The van der Waals surface area contributed by atoms with Crippen LogP contribution in [0.2, 0.25) is 0 Å². The smallest absolute Gasteiger partial charge is 0.169 e. The minimum atomic E-state index is 0.273. The number of ether oxygens (including phenoxy) is 1. The van der Waals surface area contributed by atoms with Crippen LogP contribution in [-0.2, 0) is 4.74 Å². The second-order valence-corrected chi connectivity index (χ2v) is 5.90. The number of aliphatic imine (C=N–C) groups is 1. The van der Waals surface area contributed by atoms with Crippen LogP contribution in [0.5, 0.6) is 0 Å². The average Bonchev–Trinajstić information content (AvgIpc) is 2.76. The SMILES string of the molecule is CCC(C)(C)CC/N=C\OC1CCC(CO)C1. The van der Waals surface area contributed by atoms with Crippen molar-refractivity contribution < 1.29 is 9.84 Å². The molecule has 17 heavy (non-hydrogen) atoms. The molecule has 1 fully saturated rings. The summed E-state index contributed by atoms with van der Waals surface area (Å²) in [6.45, 7) is 7.89. The Bertz CT molecular complexity index is 238. The Kier molecular flexibility index (Phi) is 5.96. The highest BCUT2D eigenvalue weighted by Crippen LogP contribution is 2.27. The van der Waals surface area contributed by atoms with Gasteiger partial charge in [0.2, 0.25) is 0 Å². The lowest BCUT2D eigenvalue weighted by Gasteiger charge is -2.20. The molecule has 0 heterocycles. The minimum absolute atomic E-state index is 0.273. The molecule has 0 aliphatic heterocycles. The summed E-state index contributed by atoms with van der Waals surface area (Å²) in [5.41, 5.74) is 0.382. The maximum absolute atomic E-state index is 9.02. The highest BCUT2D eigenvalue weighted by molar-refractivity contribution is 5.46. The molecule has 100 valence electrons. The van der Waals surface area contributed by atoms with Crippen molar-refractivity contribution in [3.8, 4) is 0 Å². The molecule has 1 aliphatic rings. The van der Waals surface area contributed by atoms with Crippen LogP contribution in [0.15, 0.2) is 4.99 Å². The van der Waals surface area contributed by atoms with Gasteiger partial charge in [0.1, 0.15) is 6.10 Å². The molecule has 2 unspecified atom stereocenters. The summed E-state index contributed by atoms with van der Waals surface area (Å²) in [6, 6.07) is 0. The van der Waals surface area contributed by atoms with Crippen molar-refractivity contribution in [3.05, 3.63) is 0 Å². The fourth-order valence-electron chi connectivity index (χ4n) is 2.04. The molecule has 0 aromatic rings. The fraction of sp³-hybridized carbons (Fsp3) is 0.929. The molecule has 0 aromatic carbocycles. The number of hydrogen-bond acceptors (Lipinski definition) is 3. The van der Waals surface area contributed by atoms with E-state index in [1.54, 1.807) is 6.40 Å². The highest BCUT2D eigenvalue weighted by atomic mass is 16.5. The number of aliphatic hydroxyl groups is 1. The third-order valence-electron chi connectivity index (χ3n) is 3.95. The van der Waals surface area contributed by atoms with Crippen LogP contribution in [0, 0.1) is 11.3 Å². The fourth-order valence-corrected chi connectivity index (χ4v) is 2.04. The third kappa shape index (κ3) is 5.53. The van der Waals surface area contributed by atoms with Gasteiger partial charge in [-0.05, 0) is 37.0 Å². The Hall–Kier alpha value is -0.570. The van der Waals surface area contributed by atoms with Gasteiger partial charge in [0.25, 0.3) is 0 Å². The van der Waals surface area contributed by atoms with Crippen molar-refractivity contribution in [2.24, 2.45) is 16.3 Å². The number of rotatable bonds is 7. The Morgan fingerprint density at radius 3 is 2.76 bits per heavy atom. The molecule has 2 atom stereocenters. The molecule has 0 spiro atoms. The normalized spacial score (nSPS) is 25.6. The topological polar surface area (TPSA) is 41.8 Å². The number of aliphatic hydroxyl groups excluding tert-OH is 1. The monoisotopic (exact) mass is 241 g/mol. The molecule has 0 aromatic heterocycles. The first-order chi connectivity index (χ1) is 8.07. The maximum Gasteiger partial charge on any atom is 0.169 e. The summed E-state index contributed by atoms with van der Waals surface area (Å²) in [7, 11) is 0. The lowest BCUT2D eigenvalue weighted by molar-refractivity contribution is 0.180. The van der Waals surface area contributed by atoms with Crippen LogP contribution in [0.4, 0.5) is 0 Å². The van der Waals surface area contributed by atoms with Crippen molar-refractivity contribution >= 4 is 6.40 Å². The molecule has 1 saturated carbocycles. The first-order valence-corrected chi connectivity index (χ1v) is 6.82. The summed E-state index contributed by atoms with van der Waals surface area (Å²) in [6.07, 6.45) is 7.29. The van der Waals surface area contributed by atoms with Crippen LogP contribution in [0.25, 0.3) is 0 Å². The minimum Gasteiger partial charge on any atom is -0.480 e. The van der Waals surface area contributed by atoms with Crippen LogP contribution >= 0.6 is 0 Å². The van der Waals surface area contributed by atoms with Crippen LogP contribution in [0.3, 0.4) is 0 Å². The Morgan fingerprint density at radius 1 is 1.41 bits per heavy atom. The van der Waals surface area contributed by atoms with E-state index in [1.165, 1.54) is 6.42 Å². The molecule has 0 amide bonds. The van der Waals surface area contributed by atoms with Crippen molar-refractivity contribution in [1.29, 1.82) is 0 Å². The lowest BCUT2D eigenvalue weighted by atomic mass is 9.87. The summed E-state index contributed by atoms with van der Waals surface area (Å²) < 4.78 is 5.58. The van der Waals surface area contributed by atoms with E-state index in [0.29, 0.717) is 17.9 Å². The van der Waals surface area contributed by atoms with Gasteiger partial charge in [-0.3, -0.25) is 4.99 Å². The van der Waals surface area contributed by atoms with Gasteiger partial charge in [-0.25, -0.2) is 0 Å². The van der Waals surface area contributed by atoms with Gasteiger partial charge in [0.15, 0.2) is 6.40 Å². The van der Waals surface area contributed by atoms with E-state index in [4.69, 9.17) is 9.84 Å². The van der Waals surface area contributed by atoms with Crippen LogP contribution in [0.1, 0.15) is 52.9 Å². The van der Waals surface area contributed by atoms with Gasteiger partial charge < -0.3 is 9.84 Å². The lowest BCUT2D eigenvalue weighted by Crippen LogP contribution is -2.12. The van der Waals surface area contributed by atoms with Gasteiger partial charge in [0, 0.05) is 13.2 Å². The molecular weight excluding hydrogens is 214 g/mol. The molecule has 3 heteroatoms. The largest absolute Gasteiger partial charge is 0.480 e. The van der Waals surface area contributed by atoms with Crippen molar-refractivity contribution in [1.82, 2.24) is 0 Å². The third-order valence-corrected chi connectivity index (χ3v) is 3.95. The Morgan fingerprint density at radius 2 is 2.18 bits per heavy atom. The zero-order valence-corrected chi connectivity index (χ0v) is 11.5. The van der Waals surface area contributed by atoms with Crippen LogP contribution < -0.4 is 0 Å². The van der Waals surface area contributed by atoms with Crippen molar-refractivity contribution in [2.45, 2.75) is 59.0 Å². The second-order valence-electron chi connectivity index (χ2n) is 5.90. The van der Waals surface area contributed by atoms with E-state index in [0.717, 1.165) is 32.2 Å². The Balaban J connectivity index is 2.10. The van der Waals surface area contributed by atoms with Crippen LogP contribution in [-0.4, -0.2) is 30.8 Å². The number of hydrogen-bond donors (Lipinski definition) is 1. The second kappa shape index (κ2) is 7.00. The van der Waals surface area contributed by atoms with Gasteiger partial charge in [0.05, 0.1) is 0 Å². The quantitative estimate of drug-likeness (QED) is 0.550. The molecule has 1 rings (SSSR count). The zero-order valence-electron chi connectivity index (χ0n) is 11.5. The molecule has 3 nitrogen and oxygen atoms in total. The molecule has 0 radical (unpaired) electrons. The van der Waals surface area contributed by atoms with Crippen molar-refractivity contribution in [2.75, 3.05) is 13.2 Å².